The number of alkyl halides is 3. The highest BCUT2D eigenvalue weighted by Crippen LogP contribution is 2.46. The number of nitrogens with zero attached hydrogens (tertiary/aromatic N) is 2. The van der Waals surface area contributed by atoms with E-state index in [2.05, 4.69) is 14.7 Å². The van der Waals surface area contributed by atoms with E-state index < -0.39 is 27.2 Å². The van der Waals surface area contributed by atoms with Crippen LogP contribution in [0.15, 0.2) is 59.8 Å². The Morgan fingerprint density at radius 2 is 1.78 bits per heavy atom. The Kier molecular flexibility index (Phi) is 7.26. The summed E-state index contributed by atoms with van der Waals surface area (Å²) in [4.78, 5) is 7.76. The summed E-state index contributed by atoms with van der Waals surface area (Å²) in [6, 6.07) is 10.1. The van der Waals surface area contributed by atoms with Crippen LogP contribution in [0.3, 0.4) is 0 Å². The molecule has 2 heterocycles. The Bertz CT molecular complexity index is 1330. The van der Waals surface area contributed by atoms with Gasteiger partial charge in [-0.05, 0) is 54.7 Å². The van der Waals surface area contributed by atoms with Crippen molar-refractivity contribution in [1.29, 1.82) is 0 Å². The number of unbranched alkanes of at least 4 members (excludes halogenated alkanes) is 2. The fraction of sp³-hybridized carbons (Fsp3) is 0.385. The van der Waals surface area contributed by atoms with Gasteiger partial charge in [-0.3, -0.25) is 0 Å². The Hall–Kier alpha value is -3.14. The zero-order chi connectivity index (χ0) is 26.0. The normalized spacial score (nSPS) is 17.8. The van der Waals surface area contributed by atoms with Gasteiger partial charge in [0.15, 0.2) is 0 Å². The number of hydrogen-bond acceptors (Lipinski definition) is 5. The van der Waals surface area contributed by atoms with Crippen LogP contribution in [0, 0.1) is 0 Å². The summed E-state index contributed by atoms with van der Waals surface area (Å²) in [5.41, 5.74) is 0.901. The standard InChI is InChI=1S/C26H28F3N3O3S/c1-3-4-5-7-18-16-19(26(27,28)29)8-10-21(18)25(2)12-15-35-23-17-20(9-11-22(23)25)36(33,34)32-24-30-13-6-14-31-24/h6,8-11,13-14,16-17H,3-5,7,12,15H2,1-2H3,(H,30,31,32)/t25-/m0/s1. The summed E-state index contributed by atoms with van der Waals surface area (Å²) in [6.45, 7) is 4.33. The SMILES string of the molecule is CCCCCc1cc(C(F)(F)F)ccc1[C@]1(C)CCOc2cc(S(=O)(=O)Nc3ncccn3)ccc21. The molecule has 0 fully saturated rings. The van der Waals surface area contributed by atoms with Crippen molar-refractivity contribution in [3.05, 3.63) is 77.1 Å². The lowest BCUT2D eigenvalue weighted by Crippen LogP contribution is -2.32. The van der Waals surface area contributed by atoms with Crippen LogP contribution < -0.4 is 9.46 Å². The van der Waals surface area contributed by atoms with Crippen molar-refractivity contribution in [2.75, 3.05) is 11.3 Å². The maximum atomic E-state index is 13.5. The van der Waals surface area contributed by atoms with E-state index in [1.165, 1.54) is 30.6 Å². The molecular weight excluding hydrogens is 491 g/mol. The summed E-state index contributed by atoms with van der Waals surface area (Å²) < 4.78 is 74.4. The highest BCUT2D eigenvalue weighted by molar-refractivity contribution is 7.92. The molecule has 2 aromatic carbocycles. The highest BCUT2D eigenvalue weighted by Gasteiger charge is 2.39. The van der Waals surface area contributed by atoms with Crippen LogP contribution in [-0.2, 0) is 28.0 Å². The largest absolute Gasteiger partial charge is 0.493 e. The number of sulfonamides is 1. The van der Waals surface area contributed by atoms with E-state index in [9.17, 15) is 21.6 Å². The number of anilines is 1. The fourth-order valence-electron chi connectivity index (χ4n) is 4.64. The third-order valence-corrected chi connectivity index (χ3v) is 7.91. The van der Waals surface area contributed by atoms with Crippen LogP contribution in [0.2, 0.25) is 0 Å². The van der Waals surface area contributed by atoms with Crippen molar-refractivity contribution in [2.45, 2.75) is 62.4 Å². The molecule has 1 aliphatic rings. The molecule has 4 rings (SSSR count). The predicted molar refractivity (Wildman–Crippen MR) is 131 cm³/mol. The van der Waals surface area contributed by atoms with E-state index in [-0.39, 0.29) is 10.8 Å². The molecule has 3 aromatic rings. The van der Waals surface area contributed by atoms with E-state index in [0.29, 0.717) is 30.8 Å². The lowest BCUT2D eigenvalue weighted by atomic mass is 9.70. The monoisotopic (exact) mass is 519 g/mol. The van der Waals surface area contributed by atoms with Gasteiger partial charge in [0.2, 0.25) is 5.95 Å². The number of aromatic nitrogens is 2. The summed E-state index contributed by atoms with van der Waals surface area (Å²) in [5.74, 6) is 0.336. The Balaban J connectivity index is 1.74. The molecule has 192 valence electrons. The molecule has 1 atom stereocenters. The molecule has 1 aliphatic heterocycles. The number of aryl methyl sites for hydroxylation is 1. The predicted octanol–water partition coefficient (Wildman–Crippen LogP) is 6.12. The number of hydrogen-bond donors (Lipinski definition) is 1. The molecule has 1 aromatic heterocycles. The van der Waals surface area contributed by atoms with Crippen LogP contribution in [0.25, 0.3) is 0 Å². The van der Waals surface area contributed by atoms with E-state index in [0.717, 1.165) is 36.5 Å². The second kappa shape index (κ2) is 10.1. The molecule has 0 bridgehead atoms. The second-order valence-electron chi connectivity index (χ2n) is 9.09. The first-order valence-electron chi connectivity index (χ1n) is 11.8. The minimum atomic E-state index is -4.43. The quantitative estimate of drug-likeness (QED) is 0.363. The van der Waals surface area contributed by atoms with Gasteiger partial charge in [-0.1, -0.05) is 38.8 Å². The average molecular weight is 520 g/mol. The van der Waals surface area contributed by atoms with Gasteiger partial charge >= 0.3 is 6.18 Å². The number of fused-ring (bicyclic) bond motifs is 1. The van der Waals surface area contributed by atoms with Crippen molar-refractivity contribution in [3.8, 4) is 5.75 Å². The molecular formula is C26H28F3N3O3S. The number of ether oxygens (including phenoxy) is 1. The van der Waals surface area contributed by atoms with Gasteiger partial charge in [-0.2, -0.15) is 13.2 Å². The maximum Gasteiger partial charge on any atom is 0.416 e. The first-order chi connectivity index (χ1) is 17.0. The second-order valence-corrected chi connectivity index (χ2v) is 10.8. The number of nitrogens with one attached hydrogen (secondary N) is 1. The zero-order valence-corrected chi connectivity index (χ0v) is 20.9. The van der Waals surface area contributed by atoms with Crippen LogP contribution in [0.1, 0.15) is 61.8 Å². The average Bonchev–Trinajstić information content (AvgIpc) is 2.84. The van der Waals surface area contributed by atoms with Crippen LogP contribution in [0.4, 0.5) is 19.1 Å². The smallest absolute Gasteiger partial charge is 0.416 e. The molecule has 6 nitrogen and oxygen atoms in total. The van der Waals surface area contributed by atoms with Gasteiger partial charge < -0.3 is 4.74 Å². The Labute approximate surface area is 209 Å². The molecule has 36 heavy (non-hydrogen) atoms. The number of benzene rings is 2. The Morgan fingerprint density at radius 1 is 1.06 bits per heavy atom. The highest BCUT2D eigenvalue weighted by atomic mass is 32.2. The molecule has 0 radical (unpaired) electrons. The van der Waals surface area contributed by atoms with Crippen molar-refractivity contribution in [3.63, 3.8) is 0 Å². The van der Waals surface area contributed by atoms with E-state index >= 15 is 0 Å². The van der Waals surface area contributed by atoms with Crippen molar-refractivity contribution in [2.24, 2.45) is 0 Å². The summed E-state index contributed by atoms with van der Waals surface area (Å²) in [5, 5.41) is 0. The lowest BCUT2D eigenvalue weighted by Gasteiger charge is -2.38. The molecule has 1 N–H and O–H groups in total. The van der Waals surface area contributed by atoms with Crippen LogP contribution in [0.5, 0.6) is 5.75 Å². The minimum absolute atomic E-state index is 0.0199. The zero-order valence-electron chi connectivity index (χ0n) is 20.1. The van der Waals surface area contributed by atoms with Crippen LogP contribution >= 0.6 is 0 Å². The van der Waals surface area contributed by atoms with E-state index in [4.69, 9.17) is 4.74 Å². The summed E-state index contributed by atoms with van der Waals surface area (Å²) >= 11 is 0. The third kappa shape index (κ3) is 5.33. The third-order valence-electron chi connectivity index (χ3n) is 6.59. The molecule has 0 unspecified atom stereocenters. The minimum Gasteiger partial charge on any atom is -0.493 e. The van der Waals surface area contributed by atoms with E-state index in [1.807, 2.05) is 13.8 Å². The molecule has 0 spiro atoms. The first kappa shape index (κ1) is 25.9. The van der Waals surface area contributed by atoms with Gasteiger partial charge in [0.1, 0.15) is 5.75 Å². The molecule has 0 saturated heterocycles. The van der Waals surface area contributed by atoms with Gasteiger partial charge in [-0.15, -0.1) is 0 Å². The van der Waals surface area contributed by atoms with Crippen LogP contribution in [-0.4, -0.2) is 25.0 Å². The topological polar surface area (TPSA) is 81.2 Å². The maximum absolute atomic E-state index is 13.5. The Morgan fingerprint density at radius 3 is 2.47 bits per heavy atom. The lowest BCUT2D eigenvalue weighted by molar-refractivity contribution is -0.137. The van der Waals surface area contributed by atoms with Crippen molar-refractivity contribution < 1.29 is 26.3 Å². The van der Waals surface area contributed by atoms with Crippen molar-refractivity contribution in [1.82, 2.24) is 9.97 Å². The number of rotatable bonds is 8. The van der Waals surface area contributed by atoms with Crippen molar-refractivity contribution >= 4 is 16.0 Å². The first-order valence-corrected chi connectivity index (χ1v) is 13.3. The fourth-order valence-corrected chi connectivity index (χ4v) is 5.61. The molecule has 0 aliphatic carbocycles. The van der Waals surface area contributed by atoms with Gasteiger partial charge in [0.25, 0.3) is 10.0 Å². The molecule has 0 saturated carbocycles. The van der Waals surface area contributed by atoms with E-state index in [1.54, 1.807) is 18.2 Å². The molecule has 10 heteroatoms. The van der Waals surface area contributed by atoms with Gasteiger partial charge in [0.05, 0.1) is 17.1 Å². The van der Waals surface area contributed by atoms with Gasteiger partial charge in [-0.25, -0.2) is 23.1 Å². The molecule has 0 amide bonds. The number of halogens is 3. The van der Waals surface area contributed by atoms with Gasteiger partial charge in [0, 0.05) is 29.4 Å². The summed E-state index contributed by atoms with van der Waals surface area (Å²) in [7, 11) is -3.97. The summed E-state index contributed by atoms with van der Waals surface area (Å²) in [6.07, 6.45) is 2.18.